The molecule has 0 N–H and O–H groups in total. The van der Waals surface area contributed by atoms with Crippen LogP contribution in [0.15, 0.2) is 48.5 Å². The topological polar surface area (TPSA) is 54.0 Å². The van der Waals surface area contributed by atoms with Crippen LogP contribution in [0, 0.1) is 5.92 Å². The Morgan fingerprint density at radius 2 is 1.82 bits per heavy atom. The molecular formula is C23H26O5. The highest BCUT2D eigenvalue weighted by Gasteiger charge is 2.38. The van der Waals surface area contributed by atoms with Gasteiger partial charge in [-0.15, -0.1) is 0 Å². The van der Waals surface area contributed by atoms with Crippen molar-refractivity contribution in [3.63, 3.8) is 0 Å². The van der Waals surface area contributed by atoms with Gasteiger partial charge in [-0.2, -0.15) is 0 Å². The van der Waals surface area contributed by atoms with Crippen LogP contribution in [0.2, 0.25) is 0 Å². The zero-order valence-corrected chi connectivity index (χ0v) is 16.5. The van der Waals surface area contributed by atoms with Crippen molar-refractivity contribution in [2.45, 2.75) is 26.1 Å². The van der Waals surface area contributed by atoms with E-state index in [9.17, 15) is 4.79 Å². The van der Waals surface area contributed by atoms with E-state index < -0.39 is 18.2 Å². The number of benzene rings is 2. The van der Waals surface area contributed by atoms with E-state index >= 15 is 0 Å². The van der Waals surface area contributed by atoms with E-state index in [1.165, 1.54) is 7.11 Å². The molecule has 2 aromatic rings. The van der Waals surface area contributed by atoms with E-state index in [1.54, 1.807) is 7.11 Å². The van der Waals surface area contributed by atoms with E-state index in [1.807, 2.05) is 54.6 Å². The first kappa shape index (κ1) is 20.0. The maximum absolute atomic E-state index is 12.8. The maximum Gasteiger partial charge on any atom is 0.319 e. The summed E-state index contributed by atoms with van der Waals surface area (Å²) in [6, 6.07) is 15.3. The summed E-state index contributed by atoms with van der Waals surface area (Å²) in [6.45, 7) is 2.60. The SMILES string of the molecule is CCCCO[C@H]1Oc2ccccc2C=C(c2ccc(OC)cc2)[C@@H]1C(=O)OC. The fourth-order valence-electron chi connectivity index (χ4n) is 3.19. The predicted octanol–water partition coefficient (Wildman–Crippen LogP) is 4.56. The third-order valence-corrected chi connectivity index (χ3v) is 4.74. The molecule has 3 rings (SSSR count). The molecular weight excluding hydrogens is 356 g/mol. The van der Waals surface area contributed by atoms with Gasteiger partial charge in [0.2, 0.25) is 6.29 Å². The standard InChI is InChI=1S/C23H26O5/c1-4-5-14-27-23-21(22(24)26-3)19(16-10-12-18(25-2)13-11-16)15-17-8-6-7-9-20(17)28-23/h6-13,15,21,23H,4-5,14H2,1-3H3/t21-,23+/m1/s1. The molecule has 5 heteroatoms. The van der Waals surface area contributed by atoms with Crippen molar-refractivity contribution < 1.29 is 23.7 Å². The van der Waals surface area contributed by atoms with Crippen molar-refractivity contribution in [1.29, 1.82) is 0 Å². The molecule has 5 nitrogen and oxygen atoms in total. The summed E-state index contributed by atoms with van der Waals surface area (Å²) in [4.78, 5) is 12.8. The number of carbonyl (C=O) groups is 1. The third-order valence-electron chi connectivity index (χ3n) is 4.74. The third kappa shape index (κ3) is 4.37. The van der Waals surface area contributed by atoms with Gasteiger partial charge in [-0.3, -0.25) is 4.79 Å². The van der Waals surface area contributed by atoms with Gasteiger partial charge >= 0.3 is 5.97 Å². The molecule has 1 aliphatic rings. The van der Waals surface area contributed by atoms with Crippen molar-refractivity contribution in [3.8, 4) is 11.5 Å². The number of rotatable bonds is 7. The summed E-state index contributed by atoms with van der Waals surface area (Å²) in [5, 5.41) is 0. The van der Waals surface area contributed by atoms with Crippen molar-refractivity contribution in [2.75, 3.05) is 20.8 Å². The predicted molar refractivity (Wildman–Crippen MR) is 108 cm³/mol. The van der Waals surface area contributed by atoms with Crippen LogP contribution in [-0.4, -0.2) is 33.1 Å². The average Bonchev–Trinajstić information content (AvgIpc) is 2.90. The molecule has 0 saturated heterocycles. The van der Waals surface area contributed by atoms with Crippen LogP contribution in [0.25, 0.3) is 11.6 Å². The van der Waals surface area contributed by atoms with Crippen molar-refractivity contribution >= 4 is 17.6 Å². The largest absolute Gasteiger partial charge is 0.497 e. The van der Waals surface area contributed by atoms with Gasteiger partial charge in [0, 0.05) is 5.56 Å². The number of esters is 1. The fraction of sp³-hybridized carbons (Fsp3) is 0.348. The molecule has 0 fully saturated rings. The second kappa shape index (κ2) is 9.42. The molecule has 2 aromatic carbocycles. The summed E-state index contributed by atoms with van der Waals surface area (Å²) >= 11 is 0. The number of carbonyl (C=O) groups excluding carboxylic acids is 1. The van der Waals surface area contributed by atoms with Crippen molar-refractivity contribution in [2.24, 2.45) is 5.92 Å². The lowest BCUT2D eigenvalue weighted by Crippen LogP contribution is -2.36. The summed E-state index contributed by atoms with van der Waals surface area (Å²) < 4.78 is 22.5. The van der Waals surface area contributed by atoms with Gasteiger partial charge in [0.05, 0.1) is 20.8 Å². The van der Waals surface area contributed by atoms with Crippen molar-refractivity contribution in [1.82, 2.24) is 0 Å². The van der Waals surface area contributed by atoms with Gasteiger partial charge in [-0.05, 0) is 41.8 Å². The highest BCUT2D eigenvalue weighted by Crippen LogP contribution is 2.38. The Hall–Kier alpha value is -2.79. The van der Waals surface area contributed by atoms with Crippen LogP contribution in [0.3, 0.4) is 0 Å². The van der Waals surface area contributed by atoms with Gasteiger partial charge in [-0.1, -0.05) is 43.7 Å². The van der Waals surface area contributed by atoms with Crippen LogP contribution >= 0.6 is 0 Å². The zero-order chi connectivity index (χ0) is 19.9. The maximum atomic E-state index is 12.8. The Kier molecular flexibility index (Phi) is 6.71. The summed E-state index contributed by atoms with van der Waals surface area (Å²) in [5.41, 5.74) is 2.57. The molecule has 0 saturated carbocycles. The van der Waals surface area contributed by atoms with Crippen LogP contribution in [0.1, 0.15) is 30.9 Å². The number of methoxy groups -OCH3 is 2. The van der Waals surface area contributed by atoms with E-state index in [2.05, 4.69) is 6.92 Å². The second-order valence-electron chi connectivity index (χ2n) is 6.58. The van der Waals surface area contributed by atoms with Crippen LogP contribution in [0.4, 0.5) is 0 Å². The Morgan fingerprint density at radius 3 is 2.50 bits per heavy atom. The highest BCUT2D eigenvalue weighted by molar-refractivity contribution is 5.96. The van der Waals surface area contributed by atoms with E-state index in [0.29, 0.717) is 12.4 Å². The number of fused-ring (bicyclic) bond motifs is 1. The Bertz CT molecular complexity index is 825. The summed E-state index contributed by atoms with van der Waals surface area (Å²) in [6.07, 6.45) is 3.09. The molecule has 0 unspecified atom stereocenters. The minimum atomic E-state index is -0.768. The molecule has 1 heterocycles. The van der Waals surface area contributed by atoms with Gasteiger partial charge in [0.1, 0.15) is 17.4 Å². The molecule has 0 spiro atoms. The lowest BCUT2D eigenvalue weighted by atomic mass is 9.90. The Labute approximate surface area is 165 Å². The summed E-state index contributed by atoms with van der Waals surface area (Å²) in [7, 11) is 3.01. The smallest absolute Gasteiger partial charge is 0.319 e. The molecule has 0 bridgehead atoms. The van der Waals surface area contributed by atoms with Gasteiger partial charge in [0.25, 0.3) is 0 Å². The van der Waals surface area contributed by atoms with Gasteiger partial charge < -0.3 is 18.9 Å². The van der Waals surface area contributed by atoms with Gasteiger partial charge in [0.15, 0.2) is 0 Å². The van der Waals surface area contributed by atoms with E-state index in [4.69, 9.17) is 18.9 Å². The molecule has 0 amide bonds. The molecule has 0 aromatic heterocycles. The fourth-order valence-corrected chi connectivity index (χ4v) is 3.19. The number of ether oxygens (including phenoxy) is 4. The summed E-state index contributed by atoms with van der Waals surface area (Å²) in [5.74, 6) is 0.334. The lowest BCUT2D eigenvalue weighted by molar-refractivity contribution is -0.160. The van der Waals surface area contributed by atoms with Crippen LogP contribution in [-0.2, 0) is 14.3 Å². The molecule has 1 aliphatic heterocycles. The normalized spacial score (nSPS) is 18.3. The molecule has 2 atom stereocenters. The first-order valence-corrected chi connectivity index (χ1v) is 9.49. The monoisotopic (exact) mass is 382 g/mol. The van der Waals surface area contributed by atoms with Crippen LogP contribution < -0.4 is 9.47 Å². The second-order valence-corrected chi connectivity index (χ2v) is 6.58. The first-order chi connectivity index (χ1) is 13.7. The Balaban J connectivity index is 2.08. The number of para-hydroxylation sites is 1. The first-order valence-electron chi connectivity index (χ1n) is 9.49. The minimum Gasteiger partial charge on any atom is -0.497 e. The quantitative estimate of drug-likeness (QED) is 0.519. The lowest BCUT2D eigenvalue weighted by Gasteiger charge is -2.26. The molecule has 0 radical (unpaired) electrons. The number of hydrogen-bond donors (Lipinski definition) is 0. The zero-order valence-electron chi connectivity index (χ0n) is 16.5. The van der Waals surface area contributed by atoms with Crippen molar-refractivity contribution in [3.05, 3.63) is 59.7 Å². The molecule has 0 aliphatic carbocycles. The van der Waals surface area contributed by atoms with Gasteiger partial charge in [-0.25, -0.2) is 0 Å². The van der Waals surface area contributed by atoms with E-state index in [0.717, 1.165) is 35.3 Å². The number of hydrogen-bond acceptors (Lipinski definition) is 5. The Morgan fingerprint density at radius 1 is 1.07 bits per heavy atom. The molecule has 28 heavy (non-hydrogen) atoms. The number of unbranched alkanes of at least 4 members (excludes halogenated alkanes) is 1. The van der Waals surface area contributed by atoms with E-state index in [-0.39, 0.29) is 0 Å². The molecule has 148 valence electrons. The minimum absolute atomic E-state index is 0.392. The van der Waals surface area contributed by atoms with Crippen LogP contribution in [0.5, 0.6) is 11.5 Å². The highest BCUT2D eigenvalue weighted by atomic mass is 16.7. The average molecular weight is 382 g/mol.